The van der Waals surface area contributed by atoms with Crippen molar-refractivity contribution in [1.82, 2.24) is 0 Å². The van der Waals surface area contributed by atoms with Gasteiger partial charge in [0.25, 0.3) is 0 Å². The zero-order valence-electron chi connectivity index (χ0n) is 15.7. The second-order valence-electron chi connectivity index (χ2n) is 6.69. The van der Waals surface area contributed by atoms with E-state index in [1.807, 2.05) is 13.8 Å². The Morgan fingerprint density at radius 3 is 2.44 bits per heavy atom. The van der Waals surface area contributed by atoms with Gasteiger partial charge >= 0.3 is 11.9 Å². The fraction of sp³-hybridized carbons (Fsp3) is 0.600. The Bertz CT molecular complexity index is 608. The molecule has 0 saturated heterocycles. The molecule has 25 heavy (non-hydrogen) atoms. The lowest BCUT2D eigenvalue weighted by Crippen LogP contribution is -2.16. The molecule has 0 atom stereocenters. The summed E-state index contributed by atoms with van der Waals surface area (Å²) in [7, 11) is 0. The number of carboxylic acid groups (broad SMARTS) is 1. The molecule has 0 radical (unpaired) electrons. The van der Waals surface area contributed by atoms with E-state index in [1.165, 1.54) is 0 Å². The van der Waals surface area contributed by atoms with Crippen molar-refractivity contribution in [1.29, 1.82) is 0 Å². The van der Waals surface area contributed by atoms with Crippen LogP contribution in [0.2, 0.25) is 0 Å². The first-order chi connectivity index (χ1) is 11.8. The molecule has 0 spiro atoms. The number of carbonyl (C=O) groups is 2. The van der Waals surface area contributed by atoms with Gasteiger partial charge in [0.1, 0.15) is 0 Å². The van der Waals surface area contributed by atoms with Gasteiger partial charge in [-0.05, 0) is 48.8 Å². The van der Waals surface area contributed by atoms with Crippen LogP contribution in [0.25, 0.3) is 0 Å². The number of hydrogen-bond acceptors (Lipinski definition) is 3. The summed E-state index contributed by atoms with van der Waals surface area (Å²) in [4.78, 5) is 24.4. The van der Waals surface area contributed by atoms with Crippen molar-refractivity contribution in [2.24, 2.45) is 5.92 Å². The van der Waals surface area contributed by atoms with Gasteiger partial charge in [0, 0.05) is 4.47 Å². The number of benzene rings is 1. The van der Waals surface area contributed by atoms with Crippen LogP contribution >= 0.6 is 15.9 Å². The molecule has 1 aromatic rings. The predicted octanol–water partition coefficient (Wildman–Crippen LogP) is 5.65. The van der Waals surface area contributed by atoms with Crippen molar-refractivity contribution in [2.45, 2.75) is 66.2 Å². The van der Waals surface area contributed by atoms with E-state index in [0.29, 0.717) is 30.9 Å². The third-order valence-corrected chi connectivity index (χ3v) is 5.18. The van der Waals surface area contributed by atoms with Crippen molar-refractivity contribution in [3.05, 3.63) is 32.8 Å². The average molecular weight is 413 g/mol. The second-order valence-corrected chi connectivity index (χ2v) is 7.48. The maximum atomic E-state index is 12.5. The lowest BCUT2D eigenvalue weighted by Gasteiger charge is -2.17. The van der Waals surface area contributed by atoms with E-state index >= 15 is 0 Å². The quantitative estimate of drug-likeness (QED) is 0.398. The number of carboxylic acids is 1. The molecular weight excluding hydrogens is 384 g/mol. The molecule has 0 saturated carbocycles. The zero-order valence-corrected chi connectivity index (χ0v) is 17.2. The molecule has 0 aromatic heterocycles. The van der Waals surface area contributed by atoms with Gasteiger partial charge in [0.15, 0.2) is 0 Å². The van der Waals surface area contributed by atoms with Gasteiger partial charge in [-0.15, -0.1) is 0 Å². The summed E-state index contributed by atoms with van der Waals surface area (Å²) >= 11 is 3.56. The van der Waals surface area contributed by atoms with Crippen molar-refractivity contribution in [2.75, 3.05) is 6.61 Å². The molecule has 0 amide bonds. The number of esters is 1. The van der Waals surface area contributed by atoms with Crippen LogP contribution in [0.3, 0.4) is 0 Å². The highest BCUT2D eigenvalue weighted by molar-refractivity contribution is 9.10. The average Bonchev–Trinajstić information content (AvgIpc) is 2.55. The number of carbonyl (C=O) groups excluding carboxylic acids is 1. The van der Waals surface area contributed by atoms with Gasteiger partial charge in [-0.25, -0.2) is 9.59 Å². The van der Waals surface area contributed by atoms with E-state index in [1.54, 1.807) is 6.07 Å². The Morgan fingerprint density at radius 2 is 1.92 bits per heavy atom. The van der Waals surface area contributed by atoms with Crippen molar-refractivity contribution in [3.63, 3.8) is 0 Å². The number of hydrogen-bond donors (Lipinski definition) is 1. The standard InChI is InChI=1S/C20H29BrO4/c1-5-7-11-25-20(24)16-12-14(6-2)18(21)15(17(16)19(22)23)10-8-9-13(3)4/h12-13H,5-11H2,1-4H3,(H,22,23). The largest absolute Gasteiger partial charge is 0.478 e. The summed E-state index contributed by atoms with van der Waals surface area (Å²) in [5.74, 6) is -1.07. The first-order valence-electron chi connectivity index (χ1n) is 9.08. The molecule has 0 fully saturated rings. The number of aromatic carboxylic acids is 1. The number of aryl methyl sites for hydroxylation is 1. The minimum Gasteiger partial charge on any atom is -0.478 e. The van der Waals surface area contributed by atoms with Crippen molar-refractivity contribution < 1.29 is 19.4 Å². The molecule has 0 bridgehead atoms. The molecule has 0 heterocycles. The van der Waals surface area contributed by atoms with Crippen LogP contribution in [0.5, 0.6) is 0 Å². The summed E-state index contributed by atoms with van der Waals surface area (Å²) in [5.41, 5.74) is 1.89. The maximum absolute atomic E-state index is 12.5. The highest BCUT2D eigenvalue weighted by Crippen LogP contribution is 2.31. The minimum atomic E-state index is -1.08. The molecule has 0 aliphatic rings. The van der Waals surface area contributed by atoms with E-state index in [-0.39, 0.29) is 11.1 Å². The van der Waals surface area contributed by atoms with Crippen LogP contribution in [0, 0.1) is 5.92 Å². The maximum Gasteiger partial charge on any atom is 0.339 e. The normalized spacial score (nSPS) is 11.0. The Kier molecular flexibility index (Phi) is 9.19. The first-order valence-corrected chi connectivity index (χ1v) is 9.87. The molecule has 1 aromatic carbocycles. The predicted molar refractivity (Wildman–Crippen MR) is 103 cm³/mol. The van der Waals surface area contributed by atoms with Gasteiger partial charge in [-0.3, -0.25) is 0 Å². The van der Waals surface area contributed by atoms with Crippen LogP contribution < -0.4 is 0 Å². The van der Waals surface area contributed by atoms with Crippen molar-refractivity contribution in [3.8, 4) is 0 Å². The number of halogens is 1. The fourth-order valence-corrected chi connectivity index (χ4v) is 3.54. The monoisotopic (exact) mass is 412 g/mol. The minimum absolute atomic E-state index is 0.0781. The third kappa shape index (κ3) is 6.14. The Morgan fingerprint density at radius 1 is 1.24 bits per heavy atom. The molecule has 0 unspecified atom stereocenters. The highest BCUT2D eigenvalue weighted by atomic mass is 79.9. The van der Waals surface area contributed by atoms with Gasteiger partial charge in [-0.1, -0.05) is 56.5 Å². The van der Waals surface area contributed by atoms with Crippen LogP contribution in [0.4, 0.5) is 0 Å². The molecule has 1 N–H and O–H groups in total. The van der Waals surface area contributed by atoms with Gasteiger partial charge in [-0.2, -0.15) is 0 Å². The second kappa shape index (κ2) is 10.6. The smallest absolute Gasteiger partial charge is 0.339 e. The fourth-order valence-electron chi connectivity index (χ4n) is 2.75. The molecule has 5 heteroatoms. The van der Waals surface area contributed by atoms with E-state index in [0.717, 1.165) is 35.7 Å². The lowest BCUT2D eigenvalue weighted by atomic mass is 9.92. The summed E-state index contributed by atoms with van der Waals surface area (Å²) in [6, 6.07) is 1.66. The third-order valence-electron chi connectivity index (χ3n) is 4.19. The summed E-state index contributed by atoms with van der Waals surface area (Å²) in [6.45, 7) is 8.61. The van der Waals surface area contributed by atoms with Crippen LogP contribution in [-0.2, 0) is 17.6 Å². The lowest BCUT2D eigenvalue weighted by molar-refractivity contribution is 0.0489. The molecule has 0 aliphatic heterocycles. The summed E-state index contributed by atoms with van der Waals surface area (Å²) < 4.78 is 6.09. The van der Waals surface area contributed by atoms with Gasteiger partial charge in [0.2, 0.25) is 0 Å². The molecule has 1 rings (SSSR count). The van der Waals surface area contributed by atoms with Crippen LogP contribution in [-0.4, -0.2) is 23.7 Å². The first kappa shape index (κ1) is 21.7. The highest BCUT2D eigenvalue weighted by Gasteiger charge is 2.25. The number of unbranched alkanes of at least 4 members (excludes halogenated alkanes) is 1. The zero-order chi connectivity index (χ0) is 19.0. The van der Waals surface area contributed by atoms with E-state index in [9.17, 15) is 14.7 Å². The van der Waals surface area contributed by atoms with E-state index < -0.39 is 11.9 Å². The Balaban J connectivity index is 3.29. The number of ether oxygens (including phenoxy) is 1. The topological polar surface area (TPSA) is 63.6 Å². The van der Waals surface area contributed by atoms with E-state index in [2.05, 4.69) is 29.8 Å². The van der Waals surface area contributed by atoms with E-state index in [4.69, 9.17) is 4.74 Å². The SMILES string of the molecule is CCCCOC(=O)c1cc(CC)c(Br)c(CCCC(C)C)c1C(=O)O. The van der Waals surface area contributed by atoms with Crippen molar-refractivity contribution >= 4 is 27.9 Å². The summed E-state index contributed by atoms with van der Waals surface area (Å²) in [6.07, 6.45) is 4.93. The van der Waals surface area contributed by atoms with Gasteiger partial charge in [0.05, 0.1) is 17.7 Å². The molecule has 0 aliphatic carbocycles. The van der Waals surface area contributed by atoms with Crippen LogP contribution in [0.1, 0.15) is 85.2 Å². The number of rotatable bonds is 10. The summed E-state index contributed by atoms with van der Waals surface area (Å²) in [5, 5.41) is 9.73. The molecule has 140 valence electrons. The van der Waals surface area contributed by atoms with Gasteiger partial charge < -0.3 is 9.84 Å². The Labute approximate surface area is 159 Å². The van der Waals surface area contributed by atoms with Crippen LogP contribution in [0.15, 0.2) is 10.5 Å². The molecular formula is C20H29BrO4. The molecule has 4 nitrogen and oxygen atoms in total. The Hall–Kier alpha value is -1.36.